The third-order valence-electron chi connectivity index (χ3n) is 7.03. The van der Waals surface area contributed by atoms with Crippen LogP contribution in [-0.4, -0.2) is 44.4 Å². The lowest BCUT2D eigenvalue weighted by Gasteiger charge is -2.48. The number of methoxy groups -OCH3 is 3. The molecule has 2 heterocycles. The number of benzene rings is 1. The maximum atomic E-state index is 6.08. The molecule has 0 saturated carbocycles. The second kappa shape index (κ2) is 6.93. The molecule has 1 fully saturated rings. The summed E-state index contributed by atoms with van der Waals surface area (Å²) in [4.78, 5) is 2.60. The summed E-state index contributed by atoms with van der Waals surface area (Å²) in [6.45, 7) is 8.81. The molecule has 28 heavy (non-hydrogen) atoms. The molecule has 1 aromatic carbocycles. The Morgan fingerprint density at radius 3 is 2.54 bits per heavy atom. The van der Waals surface area contributed by atoms with Gasteiger partial charge in [0.05, 0.1) is 19.8 Å². The van der Waals surface area contributed by atoms with E-state index in [9.17, 15) is 0 Å². The van der Waals surface area contributed by atoms with Gasteiger partial charge in [0.1, 0.15) is 0 Å². The summed E-state index contributed by atoms with van der Waals surface area (Å²) in [6.07, 6.45) is 7.92. The molecule has 0 N–H and O–H groups in total. The Bertz CT molecular complexity index is 833. The molecule has 3 aliphatic rings. The predicted octanol–water partition coefficient (Wildman–Crippen LogP) is 4.52. The maximum absolute atomic E-state index is 6.08. The van der Waals surface area contributed by atoms with Crippen molar-refractivity contribution in [1.29, 1.82) is 0 Å². The molecular weight excluding hydrogens is 350 g/mol. The molecule has 4 nitrogen and oxygen atoms in total. The second-order valence-electron chi connectivity index (χ2n) is 9.26. The van der Waals surface area contributed by atoms with Crippen LogP contribution in [-0.2, 0) is 17.7 Å². The molecule has 0 radical (unpaired) electrons. The first-order valence-electron chi connectivity index (χ1n) is 10.3. The van der Waals surface area contributed by atoms with E-state index in [0.29, 0.717) is 6.04 Å². The minimum Gasteiger partial charge on any atom is -0.493 e. The van der Waals surface area contributed by atoms with Crippen LogP contribution in [0.1, 0.15) is 44.7 Å². The van der Waals surface area contributed by atoms with Crippen molar-refractivity contribution in [3.8, 4) is 11.5 Å². The largest absolute Gasteiger partial charge is 0.493 e. The van der Waals surface area contributed by atoms with Gasteiger partial charge >= 0.3 is 0 Å². The molecule has 2 atom stereocenters. The summed E-state index contributed by atoms with van der Waals surface area (Å²) in [5, 5.41) is 0. The van der Waals surface area contributed by atoms with E-state index in [1.54, 1.807) is 14.2 Å². The first-order chi connectivity index (χ1) is 13.3. The van der Waals surface area contributed by atoms with E-state index in [2.05, 4.69) is 43.9 Å². The Labute approximate surface area is 169 Å². The van der Waals surface area contributed by atoms with Crippen LogP contribution in [0.2, 0.25) is 0 Å². The normalized spacial score (nSPS) is 27.1. The van der Waals surface area contributed by atoms with Crippen molar-refractivity contribution in [3.63, 3.8) is 0 Å². The molecule has 4 rings (SSSR count). The summed E-state index contributed by atoms with van der Waals surface area (Å²) in [7, 11) is 5.30. The second-order valence-corrected chi connectivity index (χ2v) is 9.26. The number of fused-ring (bicyclic) bond motifs is 4. The maximum Gasteiger partial charge on any atom is 0.165 e. The van der Waals surface area contributed by atoms with E-state index in [0.717, 1.165) is 43.9 Å². The van der Waals surface area contributed by atoms with Crippen molar-refractivity contribution in [2.24, 2.45) is 5.41 Å². The fourth-order valence-electron chi connectivity index (χ4n) is 5.21. The van der Waals surface area contributed by atoms with E-state index in [-0.39, 0.29) is 11.0 Å². The molecule has 0 amide bonds. The number of piperidine rings is 1. The van der Waals surface area contributed by atoms with Crippen molar-refractivity contribution in [3.05, 3.63) is 46.6 Å². The lowest BCUT2D eigenvalue weighted by molar-refractivity contribution is -0.0526. The van der Waals surface area contributed by atoms with Crippen LogP contribution >= 0.6 is 0 Å². The first kappa shape index (κ1) is 19.5. The zero-order chi connectivity index (χ0) is 20.1. The van der Waals surface area contributed by atoms with Gasteiger partial charge in [0.2, 0.25) is 0 Å². The van der Waals surface area contributed by atoms with E-state index in [1.807, 2.05) is 13.2 Å². The molecule has 0 spiro atoms. The van der Waals surface area contributed by atoms with Crippen LogP contribution in [0.25, 0.3) is 0 Å². The first-order valence-corrected chi connectivity index (χ1v) is 10.3. The molecule has 1 saturated heterocycles. The Kier molecular flexibility index (Phi) is 4.83. The summed E-state index contributed by atoms with van der Waals surface area (Å²) in [6, 6.07) is 4.70. The van der Waals surface area contributed by atoms with Gasteiger partial charge in [0.15, 0.2) is 11.5 Å². The zero-order valence-corrected chi connectivity index (χ0v) is 18.1. The van der Waals surface area contributed by atoms with E-state index >= 15 is 0 Å². The average molecular weight is 384 g/mol. The zero-order valence-electron chi connectivity index (χ0n) is 18.1. The summed E-state index contributed by atoms with van der Waals surface area (Å²) in [5.74, 6) is 1.72. The lowest BCUT2D eigenvalue weighted by Crippen LogP contribution is -2.49. The van der Waals surface area contributed by atoms with Gasteiger partial charge in [-0.3, -0.25) is 4.90 Å². The number of nitrogens with zero attached hydrogens (tertiary/aromatic N) is 1. The van der Waals surface area contributed by atoms with Gasteiger partial charge in [-0.15, -0.1) is 0 Å². The van der Waals surface area contributed by atoms with Gasteiger partial charge in [0.25, 0.3) is 0 Å². The topological polar surface area (TPSA) is 30.9 Å². The Morgan fingerprint density at radius 2 is 1.89 bits per heavy atom. The highest BCUT2D eigenvalue weighted by Gasteiger charge is 2.45. The highest BCUT2D eigenvalue weighted by molar-refractivity contribution is 5.54. The van der Waals surface area contributed by atoms with Crippen molar-refractivity contribution in [2.75, 3.05) is 27.9 Å². The summed E-state index contributed by atoms with van der Waals surface area (Å²) in [5.41, 5.74) is 5.49. The molecule has 152 valence electrons. The van der Waals surface area contributed by atoms with Gasteiger partial charge in [0, 0.05) is 31.8 Å². The molecule has 1 aliphatic carbocycles. The fraction of sp³-hybridized carbons (Fsp3) is 0.583. The minimum atomic E-state index is -0.211. The van der Waals surface area contributed by atoms with Gasteiger partial charge in [-0.25, -0.2) is 0 Å². The molecule has 1 aromatic rings. The molecule has 0 aromatic heterocycles. The van der Waals surface area contributed by atoms with Crippen molar-refractivity contribution in [2.45, 2.75) is 58.2 Å². The quantitative estimate of drug-likeness (QED) is 0.768. The van der Waals surface area contributed by atoms with Crippen molar-refractivity contribution >= 4 is 0 Å². The lowest BCUT2D eigenvalue weighted by atomic mass is 9.68. The minimum absolute atomic E-state index is 0.0665. The molecule has 4 heteroatoms. The summed E-state index contributed by atoms with van der Waals surface area (Å²) < 4.78 is 17.3. The van der Waals surface area contributed by atoms with Gasteiger partial charge in [-0.05, 0) is 53.5 Å². The monoisotopic (exact) mass is 383 g/mol. The summed E-state index contributed by atoms with van der Waals surface area (Å²) >= 11 is 0. The van der Waals surface area contributed by atoms with Crippen molar-refractivity contribution in [1.82, 2.24) is 4.90 Å². The van der Waals surface area contributed by atoms with E-state index in [4.69, 9.17) is 14.2 Å². The van der Waals surface area contributed by atoms with E-state index < -0.39 is 0 Å². The predicted molar refractivity (Wildman–Crippen MR) is 112 cm³/mol. The molecule has 1 unspecified atom stereocenters. The highest BCUT2D eigenvalue weighted by Crippen LogP contribution is 2.47. The smallest absolute Gasteiger partial charge is 0.165 e. The van der Waals surface area contributed by atoms with Gasteiger partial charge in [-0.1, -0.05) is 32.9 Å². The van der Waals surface area contributed by atoms with Crippen LogP contribution in [0.5, 0.6) is 11.5 Å². The van der Waals surface area contributed by atoms with E-state index in [1.165, 1.54) is 22.3 Å². The molecular formula is C24H33NO3. The van der Waals surface area contributed by atoms with Crippen LogP contribution in [0.15, 0.2) is 35.4 Å². The average Bonchev–Trinajstić information content (AvgIpc) is 2.69. The number of hydrogen-bond donors (Lipinski definition) is 0. The van der Waals surface area contributed by atoms with Crippen LogP contribution in [0.4, 0.5) is 0 Å². The number of ether oxygens (including phenoxy) is 3. The van der Waals surface area contributed by atoms with Crippen molar-refractivity contribution < 1.29 is 14.2 Å². The van der Waals surface area contributed by atoms with Crippen LogP contribution in [0.3, 0.4) is 0 Å². The Hall–Kier alpha value is -1.78. The van der Waals surface area contributed by atoms with Gasteiger partial charge < -0.3 is 14.2 Å². The standard InChI is InChI=1S/C24H33NO3/c1-23(2,3)24(28-6)11-9-18-17(14-24)10-12-25-15-19-16(13-20(18)25)7-8-21(26-4)22(19)27-5/h7-9,14,20H,10-13,15H2,1-6H3/t20?,24-/m0/s1. The van der Waals surface area contributed by atoms with Crippen LogP contribution in [0, 0.1) is 5.41 Å². The fourth-order valence-corrected chi connectivity index (χ4v) is 5.21. The third-order valence-corrected chi connectivity index (χ3v) is 7.03. The Balaban J connectivity index is 1.68. The molecule has 0 bridgehead atoms. The highest BCUT2D eigenvalue weighted by atomic mass is 16.5. The third kappa shape index (κ3) is 2.89. The number of rotatable bonds is 3. The SMILES string of the molecule is COc1ccc2c(c1OC)CN1CCC3=C[C@](OC)(C(C)(C)C)CC=C3C1C2. The van der Waals surface area contributed by atoms with Crippen LogP contribution < -0.4 is 9.47 Å². The van der Waals surface area contributed by atoms with Gasteiger partial charge in [-0.2, -0.15) is 0 Å². The number of hydrogen-bond acceptors (Lipinski definition) is 4. The molecule has 2 aliphatic heterocycles. The Morgan fingerprint density at radius 1 is 1.11 bits per heavy atom.